The molecule has 1 atom stereocenters. The van der Waals surface area contributed by atoms with Crippen LogP contribution in [0.5, 0.6) is 0 Å². The molecular weight excluding hydrogens is 324 g/mol. The zero-order valence-corrected chi connectivity index (χ0v) is 13.7. The summed E-state index contributed by atoms with van der Waals surface area (Å²) in [7, 11) is 1.33. The van der Waals surface area contributed by atoms with Gasteiger partial charge in [-0.1, -0.05) is 0 Å². The van der Waals surface area contributed by atoms with E-state index in [1.807, 2.05) is 0 Å². The lowest BCUT2D eigenvalue weighted by Crippen LogP contribution is -2.33. The molecule has 2 aromatic rings. The van der Waals surface area contributed by atoms with Gasteiger partial charge in [0.1, 0.15) is 16.9 Å². The van der Waals surface area contributed by atoms with Gasteiger partial charge in [0, 0.05) is 18.1 Å². The van der Waals surface area contributed by atoms with Crippen LogP contribution in [0, 0.1) is 6.92 Å². The zero-order valence-electron chi connectivity index (χ0n) is 12.0. The van der Waals surface area contributed by atoms with Gasteiger partial charge >= 0.3 is 5.97 Å². The highest BCUT2D eigenvalue weighted by atomic mass is 32.1. The average Bonchev–Trinajstić information content (AvgIpc) is 3.21. The van der Waals surface area contributed by atoms with Gasteiger partial charge in [0.2, 0.25) is 11.0 Å². The van der Waals surface area contributed by atoms with Crippen LogP contribution >= 0.6 is 22.9 Å². The molecule has 1 aliphatic rings. The van der Waals surface area contributed by atoms with Crippen molar-refractivity contribution in [3.8, 4) is 0 Å². The molecule has 0 bridgehead atoms. The Morgan fingerprint density at radius 3 is 3.05 bits per heavy atom. The Morgan fingerprint density at radius 2 is 2.36 bits per heavy atom. The van der Waals surface area contributed by atoms with E-state index in [1.54, 1.807) is 23.3 Å². The maximum absolute atomic E-state index is 12.6. The third-order valence-electron chi connectivity index (χ3n) is 3.33. The monoisotopic (exact) mass is 338 g/mol. The highest BCUT2D eigenvalue weighted by molar-refractivity contribution is 7.14. The lowest BCUT2D eigenvalue weighted by atomic mass is 10.2. The number of amides is 1. The van der Waals surface area contributed by atoms with Gasteiger partial charge in [-0.25, -0.2) is 9.78 Å². The number of anilines is 2. The summed E-state index contributed by atoms with van der Waals surface area (Å²) in [5.74, 6) is 0.182. The molecule has 1 saturated heterocycles. The Balaban J connectivity index is 1.76. The Morgan fingerprint density at radius 1 is 1.55 bits per heavy atom. The van der Waals surface area contributed by atoms with Gasteiger partial charge in [0.15, 0.2) is 0 Å². The molecule has 9 heteroatoms. The van der Waals surface area contributed by atoms with E-state index in [2.05, 4.69) is 14.7 Å². The van der Waals surface area contributed by atoms with Gasteiger partial charge in [-0.3, -0.25) is 4.79 Å². The van der Waals surface area contributed by atoms with Crippen molar-refractivity contribution in [3.63, 3.8) is 0 Å². The number of methoxy groups -OCH3 is 1. The summed E-state index contributed by atoms with van der Waals surface area (Å²) in [6.07, 6.45) is 0.649. The number of esters is 1. The first-order valence-electron chi connectivity index (χ1n) is 6.64. The molecule has 1 unspecified atom stereocenters. The van der Waals surface area contributed by atoms with Gasteiger partial charge in [-0.2, -0.15) is 4.37 Å². The van der Waals surface area contributed by atoms with Crippen LogP contribution in [0.3, 0.4) is 0 Å². The van der Waals surface area contributed by atoms with Crippen molar-refractivity contribution in [2.45, 2.75) is 19.4 Å². The van der Waals surface area contributed by atoms with Crippen LogP contribution in [0.4, 0.5) is 10.1 Å². The van der Waals surface area contributed by atoms with E-state index in [4.69, 9.17) is 4.74 Å². The number of hydrogen-bond donors (Lipinski definition) is 1. The molecule has 0 saturated carbocycles. The number of carbonyl (C=O) groups is 2. The van der Waals surface area contributed by atoms with E-state index >= 15 is 0 Å². The molecule has 1 amide bonds. The van der Waals surface area contributed by atoms with Crippen LogP contribution in [0.15, 0.2) is 11.4 Å². The van der Waals surface area contributed by atoms with Gasteiger partial charge in [-0.15, -0.1) is 11.3 Å². The van der Waals surface area contributed by atoms with E-state index in [0.717, 1.165) is 0 Å². The first-order chi connectivity index (χ1) is 10.6. The first kappa shape index (κ1) is 14.9. The van der Waals surface area contributed by atoms with E-state index in [1.165, 1.54) is 30.0 Å². The minimum atomic E-state index is -0.430. The van der Waals surface area contributed by atoms with Gasteiger partial charge in [0.05, 0.1) is 12.7 Å². The maximum atomic E-state index is 12.6. The Bertz CT molecular complexity index is 712. The van der Waals surface area contributed by atoms with Crippen molar-refractivity contribution in [3.05, 3.63) is 22.8 Å². The van der Waals surface area contributed by atoms with Crippen LogP contribution in [0.2, 0.25) is 0 Å². The molecule has 3 rings (SSSR count). The number of nitrogens with one attached hydrogen (secondary N) is 1. The molecule has 7 nitrogen and oxygen atoms in total. The zero-order chi connectivity index (χ0) is 15.7. The largest absolute Gasteiger partial charge is 0.465 e. The van der Waals surface area contributed by atoms with Crippen molar-refractivity contribution in [1.29, 1.82) is 0 Å². The van der Waals surface area contributed by atoms with Crippen LogP contribution in [-0.4, -0.2) is 40.9 Å². The predicted octanol–water partition coefficient (Wildman–Crippen LogP) is 1.91. The van der Waals surface area contributed by atoms with E-state index < -0.39 is 5.97 Å². The summed E-state index contributed by atoms with van der Waals surface area (Å²) >= 11 is 2.59. The highest BCUT2D eigenvalue weighted by Crippen LogP contribution is 2.32. The fourth-order valence-electron chi connectivity index (χ4n) is 2.30. The van der Waals surface area contributed by atoms with Crippen molar-refractivity contribution in [1.82, 2.24) is 9.36 Å². The molecule has 2 aromatic heterocycles. The van der Waals surface area contributed by atoms with Crippen LogP contribution in [0.25, 0.3) is 0 Å². The molecule has 22 heavy (non-hydrogen) atoms. The summed E-state index contributed by atoms with van der Waals surface area (Å²) in [6, 6.07) is 1.33. The SMILES string of the molecule is COC(=O)c1ccsc1N1CCC(Nc2nc(C)ns2)C1=O. The lowest BCUT2D eigenvalue weighted by molar-refractivity contribution is -0.117. The molecule has 1 N–H and O–H groups in total. The van der Waals surface area contributed by atoms with Crippen LogP contribution in [-0.2, 0) is 9.53 Å². The van der Waals surface area contributed by atoms with Crippen molar-refractivity contribution >= 4 is 44.9 Å². The summed E-state index contributed by atoms with van der Waals surface area (Å²) in [4.78, 5) is 30.1. The Kier molecular flexibility index (Phi) is 4.08. The molecular formula is C13H14N4O3S2. The number of thiophene rings is 1. The Labute approximate surface area is 135 Å². The number of hydrogen-bond acceptors (Lipinski definition) is 8. The second-order valence-electron chi connectivity index (χ2n) is 4.75. The number of aryl methyl sites for hydroxylation is 1. The molecule has 0 radical (unpaired) electrons. The van der Waals surface area contributed by atoms with Gasteiger partial charge in [0.25, 0.3) is 0 Å². The highest BCUT2D eigenvalue weighted by Gasteiger charge is 2.35. The molecule has 0 aromatic carbocycles. The van der Waals surface area contributed by atoms with Gasteiger partial charge in [-0.05, 0) is 24.8 Å². The number of nitrogens with zero attached hydrogens (tertiary/aromatic N) is 3. The van der Waals surface area contributed by atoms with E-state index in [-0.39, 0.29) is 11.9 Å². The molecule has 0 aliphatic carbocycles. The summed E-state index contributed by atoms with van der Waals surface area (Å²) in [5.41, 5.74) is 0.424. The molecule has 1 aliphatic heterocycles. The maximum Gasteiger partial charge on any atom is 0.340 e. The van der Waals surface area contributed by atoms with Crippen LogP contribution in [0.1, 0.15) is 22.6 Å². The van der Waals surface area contributed by atoms with Crippen LogP contribution < -0.4 is 10.2 Å². The second-order valence-corrected chi connectivity index (χ2v) is 6.40. The van der Waals surface area contributed by atoms with E-state index in [9.17, 15) is 9.59 Å². The normalized spacial score (nSPS) is 17.8. The number of aromatic nitrogens is 2. The third kappa shape index (κ3) is 2.69. The van der Waals surface area contributed by atoms with Crippen molar-refractivity contribution in [2.24, 2.45) is 0 Å². The van der Waals surface area contributed by atoms with Crippen molar-refractivity contribution in [2.75, 3.05) is 23.9 Å². The third-order valence-corrected chi connectivity index (χ3v) is 5.00. The topological polar surface area (TPSA) is 84.4 Å². The first-order valence-corrected chi connectivity index (χ1v) is 8.29. The molecule has 0 spiro atoms. The lowest BCUT2D eigenvalue weighted by Gasteiger charge is -2.16. The fraction of sp³-hybridized carbons (Fsp3) is 0.385. The molecule has 116 valence electrons. The fourth-order valence-corrected chi connectivity index (χ4v) is 3.84. The second kappa shape index (κ2) is 6.01. The van der Waals surface area contributed by atoms with E-state index in [0.29, 0.717) is 34.5 Å². The smallest absolute Gasteiger partial charge is 0.340 e. The number of ether oxygens (including phenoxy) is 1. The Hall–Kier alpha value is -2.00. The summed E-state index contributed by atoms with van der Waals surface area (Å²) in [6.45, 7) is 2.36. The van der Waals surface area contributed by atoms with Crippen molar-refractivity contribution < 1.29 is 14.3 Å². The predicted molar refractivity (Wildman–Crippen MR) is 84.7 cm³/mol. The van der Waals surface area contributed by atoms with Gasteiger partial charge < -0.3 is 15.0 Å². The minimum absolute atomic E-state index is 0.0690. The number of carbonyl (C=O) groups excluding carboxylic acids is 2. The quantitative estimate of drug-likeness (QED) is 0.857. The molecule has 3 heterocycles. The summed E-state index contributed by atoms with van der Waals surface area (Å²) in [5, 5.41) is 6.16. The molecule has 1 fully saturated rings. The minimum Gasteiger partial charge on any atom is -0.465 e. The average molecular weight is 338 g/mol. The number of rotatable bonds is 4. The summed E-state index contributed by atoms with van der Waals surface area (Å²) < 4.78 is 8.84. The standard InChI is InChI=1S/C13H14N4O3S2/c1-7-14-13(22-16-7)15-9-3-5-17(10(9)18)11-8(4-6-21-11)12(19)20-2/h4,6,9H,3,5H2,1-2H3,(H,14,15,16).